The molecule has 0 aliphatic carbocycles. The van der Waals surface area contributed by atoms with Crippen molar-refractivity contribution in [2.45, 2.75) is 108 Å². The van der Waals surface area contributed by atoms with Gasteiger partial charge in [-0.3, -0.25) is 0 Å². The van der Waals surface area contributed by atoms with Crippen molar-refractivity contribution in [2.75, 3.05) is 0 Å². The van der Waals surface area contributed by atoms with Crippen LogP contribution in [0.4, 0.5) is 0 Å². The third-order valence-electron chi connectivity index (χ3n) is 3.98. The van der Waals surface area contributed by atoms with Crippen LogP contribution in [0.5, 0.6) is 0 Å². The minimum atomic E-state index is 0. The molecule has 0 amide bonds. The highest BCUT2D eigenvalue weighted by Gasteiger charge is 2.09. The van der Waals surface area contributed by atoms with Crippen molar-refractivity contribution in [1.82, 2.24) is 0 Å². The van der Waals surface area contributed by atoms with Gasteiger partial charge in [0.2, 0.25) is 0 Å². The van der Waals surface area contributed by atoms with Crippen molar-refractivity contribution < 1.29 is 4.79 Å². The van der Waals surface area contributed by atoms with Crippen LogP contribution >= 0.6 is 0 Å². The third-order valence-corrected chi connectivity index (χ3v) is 3.98. The Labute approximate surface area is 143 Å². The fourth-order valence-corrected chi connectivity index (χ4v) is 1.81. The average molecular weight is 315 g/mol. The molecule has 0 bridgehead atoms. The Kier molecular flexibility index (Phi) is 30.3. The number of carbonyl (C=O) groups excluding carboxylic acids is 1. The molecule has 0 spiro atoms. The molecular formula is C21H46O. The molecule has 0 N–H and O–H groups in total. The minimum Gasteiger partial charge on any atom is -0.300 e. The van der Waals surface area contributed by atoms with Gasteiger partial charge in [-0.05, 0) is 44.4 Å². The number of carbonyl (C=O) groups is 1. The monoisotopic (exact) mass is 314 g/mol. The molecular weight excluding hydrogens is 268 g/mol. The molecule has 0 aromatic heterocycles. The highest BCUT2D eigenvalue weighted by atomic mass is 16.1. The van der Waals surface area contributed by atoms with Crippen LogP contribution in [0.3, 0.4) is 0 Å². The van der Waals surface area contributed by atoms with Gasteiger partial charge in [-0.2, -0.15) is 0 Å². The fraction of sp³-hybridized carbons (Fsp3) is 0.857. The predicted octanol–water partition coefficient (Wildman–Crippen LogP) is 7.84. The lowest BCUT2D eigenvalue weighted by Gasteiger charge is -2.18. The van der Waals surface area contributed by atoms with Gasteiger partial charge < -0.3 is 4.79 Å². The van der Waals surface area contributed by atoms with E-state index < -0.39 is 0 Å². The first-order valence-electron chi connectivity index (χ1n) is 9.09. The van der Waals surface area contributed by atoms with Crippen molar-refractivity contribution in [1.29, 1.82) is 0 Å². The summed E-state index contributed by atoms with van der Waals surface area (Å²) in [7, 11) is 0. The molecule has 0 fully saturated rings. The summed E-state index contributed by atoms with van der Waals surface area (Å²) in [6.07, 6.45) is 9.51. The summed E-state index contributed by atoms with van der Waals surface area (Å²) < 4.78 is 0. The van der Waals surface area contributed by atoms with Crippen LogP contribution in [-0.2, 0) is 4.79 Å². The molecule has 1 nitrogen and oxygen atoms in total. The normalized spacial score (nSPS) is 12.7. The van der Waals surface area contributed by atoms with Gasteiger partial charge in [-0.25, -0.2) is 0 Å². The molecule has 22 heavy (non-hydrogen) atoms. The summed E-state index contributed by atoms with van der Waals surface area (Å²) in [5.41, 5.74) is 1.66. The maximum Gasteiger partial charge on any atom is 0.129 e. The van der Waals surface area contributed by atoms with Crippen molar-refractivity contribution >= 4 is 5.78 Å². The minimum absolute atomic E-state index is 0. The van der Waals surface area contributed by atoms with Gasteiger partial charge in [0.1, 0.15) is 5.78 Å². The standard InChI is InChI=1S/C14H28.C4H8O.C2H6.CH4/c1-6-9-14(8-3)11-10-13(5)12(4)7-2;1-3-4(2)5;1-2;/h9,12-13H,6-8,10-11H2,1-5H3;3H2,1-2H3;1-2H3;1H4/b14-9-;;;. The molecule has 0 aliphatic heterocycles. The lowest BCUT2D eigenvalue weighted by molar-refractivity contribution is -0.116. The van der Waals surface area contributed by atoms with Crippen molar-refractivity contribution in [3.05, 3.63) is 11.6 Å². The third kappa shape index (κ3) is 21.7. The van der Waals surface area contributed by atoms with Gasteiger partial charge in [0, 0.05) is 6.42 Å². The van der Waals surface area contributed by atoms with E-state index in [2.05, 4.69) is 40.7 Å². The predicted molar refractivity (Wildman–Crippen MR) is 106 cm³/mol. The molecule has 2 atom stereocenters. The lowest BCUT2D eigenvalue weighted by Crippen LogP contribution is -2.06. The quantitative estimate of drug-likeness (QED) is 0.417. The van der Waals surface area contributed by atoms with E-state index in [9.17, 15) is 4.79 Å². The highest BCUT2D eigenvalue weighted by Crippen LogP contribution is 2.23. The molecule has 0 aromatic rings. The van der Waals surface area contributed by atoms with Crippen LogP contribution in [-0.4, -0.2) is 5.78 Å². The van der Waals surface area contributed by atoms with Crippen LogP contribution in [0.25, 0.3) is 0 Å². The molecule has 2 unspecified atom stereocenters. The number of hydrogen-bond donors (Lipinski definition) is 0. The van der Waals surface area contributed by atoms with Crippen LogP contribution in [0.1, 0.15) is 108 Å². The van der Waals surface area contributed by atoms with Gasteiger partial charge >= 0.3 is 0 Å². The van der Waals surface area contributed by atoms with E-state index in [0.717, 1.165) is 11.8 Å². The Balaban J connectivity index is -0.000000172. The van der Waals surface area contributed by atoms with Crippen LogP contribution in [0.2, 0.25) is 0 Å². The van der Waals surface area contributed by atoms with E-state index in [4.69, 9.17) is 0 Å². The number of hydrogen-bond acceptors (Lipinski definition) is 1. The molecule has 0 radical (unpaired) electrons. The maximum atomic E-state index is 9.81. The Hall–Kier alpha value is -0.590. The molecule has 0 aromatic carbocycles. The second kappa shape index (κ2) is 22.7. The van der Waals surface area contributed by atoms with Crippen molar-refractivity contribution in [2.24, 2.45) is 11.8 Å². The van der Waals surface area contributed by atoms with Crippen LogP contribution in [0, 0.1) is 11.8 Å². The summed E-state index contributed by atoms with van der Waals surface area (Å²) in [4.78, 5) is 9.81. The molecule has 0 rings (SSSR count). The highest BCUT2D eigenvalue weighted by molar-refractivity contribution is 5.74. The first kappa shape index (κ1) is 29.4. The zero-order chi connectivity index (χ0) is 17.3. The summed E-state index contributed by atoms with van der Waals surface area (Å²) in [5.74, 6) is 2.02. The van der Waals surface area contributed by atoms with Crippen molar-refractivity contribution in [3.63, 3.8) is 0 Å². The summed E-state index contributed by atoms with van der Waals surface area (Å²) in [6, 6.07) is 0. The van der Waals surface area contributed by atoms with Gasteiger partial charge in [0.05, 0.1) is 0 Å². The first-order valence-corrected chi connectivity index (χ1v) is 9.09. The molecule has 0 aliphatic rings. The van der Waals surface area contributed by atoms with E-state index in [1.165, 1.54) is 32.1 Å². The Morgan fingerprint density at radius 2 is 1.41 bits per heavy atom. The van der Waals surface area contributed by atoms with Crippen molar-refractivity contribution in [3.8, 4) is 0 Å². The van der Waals surface area contributed by atoms with E-state index in [1.54, 1.807) is 12.5 Å². The van der Waals surface area contributed by atoms with E-state index in [0.29, 0.717) is 6.42 Å². The molecule has 136 valence electrons. The molecule has 0 heterocycles. The summed E-state index contributed by atoms with van der Waals surface area (Å²) >= 11 is 0. The van der Waals surface area contributed by atoms with Gasteiger partial charge in [-0.1, -0.05) is 80.9 Å². The summed E-state index contributed by atoms with van der Waals surface area (Å²) in [6.45, 7) is 19.0. The Morgan fingerprint density at radius 1 is 0.955 bits per heavy atom. The SMILES string of the molecule is C.CC.CC/C=C(/CC)CCC(C)C(C)CC.CCC(C)=O. The topological polar surface area (TPSA) is 17.1 Å². The summed E-state index contributed by atoms with van der Waals surface area (Å²) in [5, 5.41) is 0. The Bertz CT molecular complexity index is 240. The van der Waals surface area contributed by atoms with Gasteiger partial charge in [-0.15, -0.1) is 0 Å². The maximum absolute atomic E-state index is 9.81. The van der Waals surface area contributed by atoms with Gasteiger partial charge in [0.15, 0.2) is 0 Å². The number of ketones is 1. The van der Waals surface area contributed by atoms with Crippen LogP contribution in [0.15, 0.2) is 11.6 Å². The molecule has 0 saturated carbocycles. The lowest BCUT2D eigenvalue weighted by atomic mass is 9.88. The zero-order valence-electron chi connectivity index (χ0n) is 16.4. The van der Waals surface area contributed by atoms with E-state index in [-0.39, 0.29) is 13.2 Å². The number of allylic oxidation sites excluding steroid dienone is 2. The number of Topliss-reactive ketones (excluding diaryl/α,β-unsaturated/α-hetero) is 1. The second-order valence-electron chi connectivity index (χ2n) is 5.58. The number of rotatable bonds is 8. The average Bonchev–Trinajstić information content (AvgIpc) is 2.52. The fourth-order valence-electron chi connectivity index (χ4n) is 1.81. The van der Waals surface area contributed by atoms with Gasteiger partial charge in [0.25, 0.3) is 0 Å². The Morgan fingerprint density at radius 3 is 1.68 bits per heavy atom. The molecule has 0 saturated heterocycles. The smallest absolute Gasteiger partial charge is 0.129 e. The largest absolute Gasteiger partial charge is 0.300 e. The van der Waals surface area contributed by atoms with Crippen LogP contribution < -0.4 is 0 Å². The zero-order valence-corrected chi connectivity index (χ0v) is 16.4. The second-order valence-corrected chi connectivity index (χ2v) is 5.58. The molecule has 1 heteroatoms. The first-order chi connectivity index (χ1) is 9.92. The van der Waals surface area contributed by atoms with E-state index >= 15 is 0 Å². The van der Waals surface area contributed by atoms with E-state index in [1.807, 2.05) is 20.8 Å².